The minimum atomic E-state index is 0. The van der Waals surface area contributed by atoms with Gasteiger partial charge in [-0.05, 0) is 51.3 Å². The van der Waals surface area contributed by atoms with Crippen molar-refractivity contribution in [1.82, 2.24) is 15.5 Å². The molecule has 1 heterocycles. The summed E-state index contributed by atoms with van der Waals surface area (Å²) < 4.78 is 16.5. The summed E-state index contributed by atoms with van der Waals surface area (Å²) in [6.45, 7) is 11.4. The van der Waals surface area contributed by atoms with Crippen molar-refractivity contribution in [2.24, 2.45) is 4.99 Å². The Kier molecular flexibility index (Phi) is 13.1. The Morgan fingerprint density at radius 3 is 2.80 bits per heavy atom. The van der Waals surface area contributed by atoms with E-state index in [0.717, 1.165) is 63.1 Å². The van der Waals surface area contributed by atoms with Crippen LogP contribution in [0, 0.1) is 0 Å². The van der Waals surface area contributed by atoms with Crippen LogP contribution < -0.4 is 20.1 Å². The summed E-state index contributed by atoms with van der Waals surface area (Å²) in [7, 11) is 3.48. The molecule has 172 valence electrons. The lowest BCUT2D eigenvalue weighted by Gasteiger charge is -2.38. The Bertz CT molecular complexity index is 645. The zero-order valence-electron chi connectivity index (χ0n) is 19.1. The molecule has 0 bridgehead atoms. The molecule has 1 saturated heterocycles. The lowest BCUT2D eigenvalue weighted by atomic mass is 10.1. The topological polar surface area (TPSA) is 67.4 Å². The molecule has 1 aromatic carbocycles. The van der Waals surface area contributed by atoms with E-state index in [0.29, 0.717) is 18.7 Å². The van der Waals surface area contributed by atoms with Gasteiger partial charge in [-0.25, -0.2) is 0 Å². The van der Waals surface area contributed by atoms with Crippen molar-refractivity contribution in [3.8, 4) is 11.5 Å². The first-order valence-electron chi connectivity index (χ1n) is 10.7. The lowest BCUT2D eigenvalue weighted by molar-refractivity contribution is -0.0174. The molecule has 8 heteroatoms. The van der Waals surface area contributed by atoms with Crippen LogP contribution in [0.5, 0.6) is 11.5 Å². The summed E-state index contributed by atoms with van der Waals surface area (Å²) >= 11 is 0. The fraction of sp³-hybridized carbons (Fsp3) is 0.682. The van der Waals surface area contributed by atoms with Crippen molar-refractivity contribution in [3.05, 3.63) is 23.8 Å². The number of nitrogens with one attached hydrogen (secondary N) is 2. The third-order valence-electron chi connectivity index (χ3n) is 5.24. The average Bonchev–Trinajstić information content (AvgIpc) is 2.73. The number of methoxy groups -OCH3 is 1. The monoisotopic (exact) mass is 534 g/mol. The van der Waals surface area contributed by atoms with Crippen molar-refractivity contribution < 1.29 is 14.2 Å². The molecule has 0 amide bonds. The second kappa shape index (κ2) is 14.7. The van der Waals surface area contributed by atoms with Crippen LogP contribution in [0.3, 0.4) is 0 Å². The van der Waals surface area contributed by atoms with Crippen molar-refractivity contribution >= 4 is 29.9 Å². The summed E-state index contributed by atoms with van der Waals surface area (Å²) in [4.78, 5) is 6.83. The fourth-order valence-corrected chi connectivity index (χ4v) is 3.62. The summed E-state index contributed by atoms with van der Waals surface area (Å²) in [5.41, 5.74) is 1.24. The number of hydrogen-bond donors (Lipinski definition) is 2. The van der Waals surface area contributed by atoms with Gasteiger partial charge in [-0.3, -0.25) is 9.89 Å². The van der Waals surface area contributed by atoms with E-state index < -0.39 is 0 Å². The van der Waals surface area contributed by atoms with E-state index in [1.54, 1.807) is 7.11 Å². The van der Waals surface area contributed by atoms with Gasteiger partial charge in [-0.1, -0.05) is 6.07 Å². The first-order chi connectivity index (χ1) is 14.1. The van der Waals surface area contributed by atoms with Gasteiger partial charge >= 0.3 is 0 Å². The molecule has 2 rings (SSSR count). The summed E-state index contributed by atoms with van der Waals surface area (Å²) in [5.74, 6) is 2.44. The van der Waals surface area contributed by atoms with Gasteiger partial charge in [0, 0.05) is 38.8 Å². The van der Waals surface area contributed by atoms with Crippen molar-refractivity contribution in [3.63, 3.8) is 0 Å². The van der Waals surface area contributed by atoms with Gasteiger partial charge in [-0.2, -0.15) is 0 Å². The van der Waals surface area contributed by atoms with Crippen LogP contribution in [0.1, 0.15) is 32.8 Å². The minimum absolute atomic E-state index is 0. The maximum atomic E-state index is 5.66. The second-order valence-corrected chi connectivity index (χ2v) is 7.41. The zero-order valence-corrected chi connectivity index (χ0v) is 21.4. The molecular formula is C22H39IN4O3. The number of benzene rings is 1. The van der Waals surface area contributed by atoms with E-state index >= 15 is 0 Å². The van der Waals surface area contributed by atoms with Crippen LogP contribution in [-0.2, 0) is 11.2 Å². The molecule has 0 aromatic heterocycles. The Morgan fingerprint density at radius 1 is 1.33 bits per heavy atom. The number of aryl methyl sites for hydroxylation is 1. The zero-order chi connectivity index (χ0) is 21.1. The first-order valence-corrected chi connectivity index (χ1v) is 10.7. The number of hydrogen-bond acceptors (Lipinski definition) is 5. The van der Waals surface area contributed by atoms with Crippen LogP contribution in [0.15, 0.2) is 23.2 Å². The van der Waals surface area contributed by atoms with E-state index in [2.05, 4.69) is 46.5 Å². The largest absolute Gasteiger partial charge is 0.493 e. The number of aliphatic imine (C=N–C) groups is 1. The quantitative estimate of drug-likeness (QED) is 0.208. The van der Waals surface area contributed by atoms with E-state index in [1.165, 1.54) is 5.56 Å². The van der Waals surface area contributed by atoms with Crippen LogP contribution >= 0.6 is 24.0 Å². The van der Waals surface area contributed by atoms with Crippen molar-refractivity contribution in [2.45, 2.75) is 45.7 Å². The minimum Gasteiger partial charge on any atom is -0.493 e. The van der Waals surface area contributed by atoms with Crippen molar-refractivity contribution in [1.29, 1.82) is 0 Å². The third-order valence-corrected chi connectivity index (χ3v) is 5.24. The predicted molar refractivity (Wildman–Crippen MR) is 134 cm³/mol. The molecule has 0 saturated carbocycles. The first kappa shape index (κ1) is 26.8. The maximum Gasteiger partial charge on any atom is 0.191 e. The van der Waals surface area contributed by atoms with Crippen LogP contribution in [0.25, 0.3) is 0 Å². The summed E-state index contributed by atoms with van der Waals surface area (Å²) in [6, 6.07) is 7.04. The number of halogens is 1. The highest BCUT2D eigenvalue weighted by Gasteiger charge is 2.23. The van der Waals surface area contributed by atoms with Crippen LogP contribution in [0.2, 0.25) is 0 Å². The molecule has 0 radical (unpaired) electrons. The normalized spacial score (nSPS) is 18.3. The number of nitrogens with zero attached hydrogens (tertiary/aromatic N) is 2. The highest BCUT2D eigenvalue weighted by atomic mass is 127. The molecular weight excluding hydrogens is 495 g/mol. The molecule has 0 spiro atoms. The van der Waals surface area contributed by atoms with Gasteiger partial charge in [0.1, 0.15) is 0 Å². The smallest absolute Gasteiger partial charge is 0.191 e. The van der Waals surface area contributed by atoms with E-state index in [4.69, 9.17) is 14.2 Å². The molecule has 1 aromatic rings. The van der Waals surface area contributed by atoms with Gasteiger partial charge in [0.25, 0.3) is 0 Å². The molecule has 30 heavy (non-hydrogen) atoms. The number of guanidine groups is 1. The summed E-state index contributed by atoms with van der Waals surface area (Å²) in [6.07, 6.45) is 1.98. The predicted octanol–water partition coefficient (Wildman–Crippen LogP) is 2.92. The summed E-state index contributed by atoms with van der Waals surface area (Å²) in [5, 5.41) is 6.86. The highest BCUT2D eigenvalue weighted by molar-refractivity contribution is 14.0. The Hall–Kier alpha value is -1.26. The van der Waals surface area contributed by atoms with Gasteiger partial charge in [0.2, 0.25) is 0 Å². The number of morpholine rings is 1. The van der Waals surface area contributed by atoms with Crippen LogP contribution in [-0.4, -0.2) is 76.6 Å². The molecule has 1 aliphatic rings. The Morgan fingerprint density at radius 2 is 2.13 bits per heavy atom. The molecule has 2 unspecified atom stereocenters. The van der Waals surface area contributed by atoms with Gasteiger partial charge in [-0.15, -0.1) is 24.0 Å². The van der Waals surface area contributed by atoms with Crippen LogP contribution in [0.4, 0.5) is 0 Å². The molecule has 2 atom stereocenters. The average molecular weight is 534 g/mol. The Balaban J connectivity index is 0.00000450. The van der Waals surface area contributed by atoms with E-state index in [1.807, 2.05) is 20.0 Å². The van der Waals surface area contributed by atoms with E-state index in [-0.39, 0.29) is 24.0 Å². The molecule has 7 nitrogen and oxygen atoms in total. The van der Waals surface area contributed by atoms with Gasteiger partial charge in [0.15, 0.2) is 17.5 Å². The number of ether oxygens (including phenoxy) is 3. The highest BCUT2D eigenvalue weighted by Crippen LogP contribution is 2.28. The van der Waals surface area contributed by atoms with Crippen molar-refractivity contribution in [2.75, 3.05) is 53.6 Å². The SMILES string of the molecule is CCOc1cc(CCCNC(=NC)NCC(C)N2CCOCC2C)ccc1OC.I. The van der Waals surface area contributed by atoms with E-state index in [9.17, 15) is 0 Å². The standard InChI is InChI=1S/C22H38N4O3.HI/c1-6-29-21-14-19(9-10-20(21)27-5)8-7-11-24-22(23-4)25-15-17(2)26-12-13-28-16-18(26)3;/h9-10,14,17-18H,6-8,11-13,15-16H2,1-5H3,(H2,23,24,25);1H. The molecule has 0 aliphatic carbocycles. The molecule has 2 N–H and O–H groups in total. The molecule has 1 fully saturated rings. The number of rotatable bonds is 10. The third kappa shape index (κ3) is 8.47. The Labute approximate surface area is 199 Å². The lowest BCUT2D eigenvalue weighted by Crippen LogP contribution is -2.53. The van der Waals surface area contributed by atoms with Gasteiger partial charge in [0.05, 0.1) is 26.9 Å². The maximum absolute atomic E-state index is 5.66. The van der Waals surface area contributed by atoms with Gasteiger partial charge < -0.3 is 24.8 Å². The fourth-order valence-electron chi connectivity index (χ4n) is 3.62. The molecule has 1 aliphatic heterocycles. The second-order valence-electron chi connectivity index (χ2n) is 7.41.